The molecule has 0 fully saturated rings. The lowest BCUT2D eigenvalue weighted by molar-refractivity contribution is -0.120. The number of carbonyl (C=O) groups is 1. The highest BCUT2D eigenvalue weighted by Gasteiger charge is 2.00. The first kappa shape index (κ1) is 12.7. The molecule has 2 N–H and O–H groups in total. The van der Waals surface area contributed by atoms with Crippen LogP contribution in [0.15, 0.2) is 12.3 Å². The summed E-state index contributed by atoms with van der Waals surface area (Å²) in [6, 6.07) is 1.96. The molecule has 0 aliphatic rings. The fourth-order valence-corrected chi connectivity index (χ4v) is 1.35. The van der Waals surface area contributed by atoms with E-state index in [0.29, 0.717) is 13.0 Å². The minimum Gasteiger partial charge on any atom is -0.356 e. The average molecular weight is 224 g/mol. The van der Waals surface area contributed by atoms with E-state index in [1.807, 2.05) is 24.7 Å². The average Bonchev–Trinajstić information content (AvgIpc) is 2.67. The van der Waals surface area contributed by atoms with Gasteiger partial charge in [-0.1, -0.05) is 6.92 Å². The van der Waals surface area contributed by atoms with Crippen LogP contribution in [0.5, 0.6) is 0 Å². The van der Waals surface area contributed by atoms with E-state index in [2.05, 4.69) is 15.7 Å². The van der Waals surface area contributed by atoms with Gasteiger partial charge in [0.1, 0.15) is 0 Å². The summed E-state index contributed by atoms with van der Waals surface area (Å²) >= 11 is 0. The van der Waals surface area contributed by atoms with Gasteiger partial charge in [0.05, 0.1) is 5.69 Å². The van der Waals surface area contributed by atoms with Crippen molar-refractivity contribution in [2.45, 2.75) is 26.3 Å². The van der Waals surface area contributed by atoms with Gasteiger partial charge < -0.3 is 10.6 Å². The maximum Gasteiger partial charge on any atom is 0.221 e. The monoisotopic (exact) mass is 224 g/mol. The highest BCUT2D eigenvalue weighted by molar-refractivity contribution is 5.75. The highest BCUT2D eigenvalue weighted by atomic mass is 16.1. The first-order valence-electron chi connectivity index (χ1n) is 5.68. The Bertz CT molecular complexity index is 322. The van der Waals surface area contributed by atoms with Crippen molar-refractivity contribution in [3.63, 3.8) is 0 Å². The van der Waals surface area contributed by atoms with Gasteiger partial charge in [-0.25, -0.2) is 0 Å². The van der Waals surface area contributed by atoms with E-state index in [4.69, 9.17) is 0 Å². The Balaban J connectivity index is 2.08. The molecule has 16 heavy (non-hydrogen) atoms. The van der Waals surface area contributed by atoms with Crippen molar-refractivity contribution in [1.29, 1.82) is 0 Å². The molecule has 5 nitrogen and oxygen atoms in total. The van der Waals surface area contributed by atoms with Crippen LogP contribution in [-0.2, 0) is 18.4 Å². The Labute approximate surface area is 96.2 Å². The van der Waals surface area contributed by atoms with Gasteiger partial charge in [-0.05, 0) is 12.5 Å². The van der Waals surface area contributed by atoms with Gasteiger partial charge in [0, 0.05) is 39.3 Å². The Kier molecular flexibility index (Phi) is 5.56. The third kappa shape index (κ3) is 4.44. The van der Waals surface area contributed by atoms with Crippen molar-refractivity contribution in [1.82, 2.24) is 20.4 Å². The van der Waals surface area contributed by atoms with Gasteiger partial charge in [0.25, 0.3) is 0 Å². The van der Waals surface area contributed by atoms with Crippen LogP contribution in [0.2, 0.25) is 0 Å². The molecule has 0 spiro atoms. The van der Waals surface area contributed by atoms with Crippen LogP contribution in [0.3, 0.4) is 0 Å². The van der Waals surface area contributed by atoms with Crippen LogP contribution in [0.1, 0.15) is 25.5 Å². The molecular formula is C11H20N4O. The van der Waals surface area contributed by atoms with E-state index in [0.717, 1.165) is 25.2 Å². The van der Waals surface area contributed by atoms with Crippen molar-refractivity contribution in [3.8, 4) is 0 Å². The maximum absolute atomic E-state index is 11.3. The summed E-state index contributed by atoms with van der Waals surface area (Å²) in [6.45, 7) is 4.25. The van der Waals surface area contributed by atoms with Crippen molar-refractivity contribution in [2.24, 2.45) is 7.05 Å². The number of carbonyl (C=O) groups excluding carboxylic acids is 1. The number of nitrogens with one attached hydrogen (secondary N) is 2. The molecule has 90 valence electrons. The predicted octanol–water partition coefficient (Wildman–Crippen LogP) is 0.426. The first-order chi connectivity index (χ1) is 7.74. The number of rotatable bonds is 7. The number of aryl methyl sites for hydroxylation is 1. The van der Waals surface area contributed by atoms with Crippen LogP contribution < -0.4 is 10.6 Å². The largest absolute Gasteiger partial charge is 0.356 e. The van der Waals surface area contributed by atoms with Crippen LogP contribution in [0, 0.1) is 0 Å². The summed E-state index contributed by atoms with van der Waals surface area (Å²) < 4.78 is 1.82. The zero-order valence-electron chi connectivity index (χ0n) is 9.99. The molecule has 5 heteroatoms. The Morgan fingerprint density at radius 2 is 2.31 bits per heavy atom. The number of nitrogens with zero attached hydrogens (tertiary/aromatic N) is 2. The molecule has 0 radical (unpaired) electrons. The maximum atomic E-state index is 11.3. The lowest BCUT2D eigenvalue weighted by Gasteiger charge is -2.05. The topological polar surface area (TPSA) is 59.0 Å². The first-order valence-corrected chi connectivity index (χ1v) is 5.68. The van der Waals surface area contributed by atoms with Crippen molar-refractivity contribution >= 4 is 5.91 Å². The number of hydrogen-bond donors (Lipinski definition) is 2. The van der Waals surface area contributed by atoms with Gasteiger partial charge in [-0.3, -0.25) is 9.48 Å². The standard InChI is InChI=1S/C11H20N4O/c1-3-6-13-11(16)5-7-12-9-10-4-8-14-15(10)2/h4,8,12H,3,5-7,9H2,1-2H3,(H,13,16). The smallest absolute Gasteiger partial charge is 0.221 e. The second-order valence-corrected chi connectivity index (χ2v) is 3.72. The van der Waals surface area contributed by atoms with E-state index in [1.165, 1.54) is 0 Å². The normalized spacial score (nSPS) is 10.4. The van der Waals surface area contributed by atoms with E-state index in [1.54, 1.807) is 6.20 Å². The van der Waals surface area contributed by atoms with Gasteiger partial charge in [-0.2, -0.15) is 5.10 Å². The van der Waals surface area contributed by atoms with E-state index >= 15 is 0 Å². The second-order valence-electron chi connectivity index (χ2n) is 3.72. The predicted molar refractivity (Wildman–Crippen MR) is 62.8 cm³/mol. The molecule has 1 heterocycles. The third-order valence-corrected chi connectivity index (χ3v) is 2.33. The Morgan fingerprint density at radius 3 is 2.94 bits per heavy atom. The highest BCUT2D eigenvalue weighted by Crippen LogP contribution is 1.94. The molecule has 1 rings (SSSR count). The van der Waals surface area contributed by atoms with Crippen molar-refractivity contribution in [3.05, 3.63) is 18.0 Å². The quantitative estimate of drug-likeness (QED) is 0.660. The summed E-state index contributed by atoms with van der Waals surface area (Å²) in [4.78, 5) is 11.3. The SMILES string of the molecule is CCCNC(=O)CCNCc1ccnn1C. The van der Waals surface area contributed by atoms with Crippen LogP contribution in [-0.4, -0.2) is 28.8 Å². The second kappa shape index (κ2) is 7.00. The van der Waals surface area contributed by atoms with Crippen LogP contribution in [0.25, 0.3) is 0 Å². The van der Waals surface area contributed by atoms with Gasteiger partial charge in [-0.15, -0.1) is 0 Å². The van der Waals surface area contributed by atoms with Gasteiger partial charge in [0.2, 0.25) is 5.91 Å². The fourth-order valence-electron chi connectivity index (χ4n) is 1.35. The van der Waals surface area contributed by atoms with E-state index < -0.39 is 0 Å². The molecule has 1 aromatic rings. The molecule has 0 aromatic carbocycles. The zero-order chi connectivity index (χ0) is 11.8. The van der Waals surface area contributed by atoms with E-state index in [-0.39, 0.29) is 5.91 Å². The Hall–Kier alpha value is -1.36. The minimum absolute atomic E-state index is 0.111. The zero-order valence-corrected chi connectivity index (χ0v) is 9.99. The summed E-state index contributed by atoms with van der Waals surface area (Å²) in [5.41, 5.74) is 1.12. The molecule has 0 saturated heterocycles. The number of amides is 1. The summed E-state index contributed by atoms with van der Waals surface area (Å²) in [7, 11) is 1.91. The molecular weight excluding hydrogens is 204 g/mol. The molecule has 1 amide bonds. The summed E-state index contributed by atoms with van der Waals surface area (Å²) in [6.07, 6.45) is 3.27. The summed E-state index contributed by atoms with van der Waals surface area (Å²) in [5, 5.41) is 10.1. The summed E-state index contributed by atoms with van der Waals surface area (Å²) in [5.74, 6) is 0.111. The van der Waals surface area contributed by atoms with Gasteiger partial charge in [0.15, 0.2) is 0 Å². The molecule has 0 atom stereocenters. The van der Waals surface area contributed by atoms with E-state index in [9.17, 15) is 4.79 Å². The Morgan fingerprint density at radius 1 is 1.50 bits per heavy atom. The van der Waals surface area contributed by atoms with Crippen LogP contribution in [0.4, 0.5) is 0 Å². The number of aromatic nitrogens is 2. The van der Waals surface area contributed by atoms with Crippen molar-refractivity contribution < 1.29 is 4.79 Å². The lowest BCUT2D eigenvalue weighted by Crippen LogP contribution is -2.28. The molecule has 0 aliphatic heterocycles. The number of hydrogen-bond acceptors (Lipinski definition) is 3. The molecule has 0 unspecified atom stereocenters. The molecule has 0 saturated carbocycles. The molecule has 0 aliphatic carbocycles. The fraction of sp³-hybridized carbons (Fsp3) is 0.636. The third-order valence-electron chi connectivity index (χ3n) is 2.33. The lowest BCUT2D eigenvalue weighted by atomic mass is 10.3. The van der Waals surface area contributed by atoms with Crippen LogP contribution >= 0.6 is 0 Å². The molecule has 1 aromatic heterocycles. The minimum atomic E-state index is 0.111. The van der Waals surface area contributed by atoms with Gasteiger partial charge >= 0.3 is 0 Å². The van der Waals surface area contributed by atoms with Crippen molar-refractivity contribution in [2.75, 3.05) is 13.1 Å². The molecule has 0 bridgehead atoms.